The van der Waals surface area contributed by atoms with Crippen molar-refractivity contribution in [2.75, 3.05) is 19.8 Å². The highest BCUT2D eigenvalue weighted by Crippen LogP contribution is 2.22. The van der Waals surface area contributed by atoms with E-state index in [1.807, 2.05) is 72.9 Å². The number of allylic oxidation sites excluding steroid dienone is 2. The Kier molecular flexibility index (Phi) is 11.3. The minimum atomic E-state index is -0.670. The molecule has 2 heterocycles. The Balaban J connectivity index is 1.37. The van der Waals surface area contributed by atoms with Crippen LogP contribution in [0.15, 0.2) is 97.2 Å². The van der Waals surface area contributed by atoms with Crippen LogP contribution in [0.2, 0.25) is 0 Å². The molecule has 0 saturated carbocycles. The van der Waals surface area contributed by atoms with Gasteiger partial charge in [0.1, 0.15) is 12.4 Å². The van der Waals surface area contributed by atoms with Crippen molar-refractivity contribution in [3.8, 4) is 0 Å². The van der Waals surface area contributed by atoms with Gasteiger partial charge >= 0.3 is 5.97 Å². The van der Waals surface area contributed by atoms with Gasteiger partial charge in [0.05, 0.1) is 24.5 Å². The quantitative estimate of drug-likeness (QED) is 0.168. The monoisotopic (exact) mass is 625 g/mol. The maximum atomic E-state index is 13.8. The average Bonchev–Trinajstić information content (AvgIpc) is 3.47. The van der Waals surface area contributed by atoms with Crippen LogP contribution in [0.4, 0.5) is 4.39 Å². The molecule has 1 aliphatic heterocycles. The molecule has 0 aliphatic carbocycles. The number of aromatic nitrogens is 1. The number of aromatic amines is 1. The summed E-state index contributed by atoms with van der Waals surface area (Å²) in [7, 11) is 0. The van der Waals surface area contributed by atoms with Crippen LogP contribution in [0.3, 0.4) is 0 Å². The molecule has 0 saturated heterocycles. The third-order valence-corrected chi connectivity index (χ3v) is 8.38. The number of carbonyl (C=O) groups is 3. The lowest BCUT2D eigenvalue weighted by molar-refractivity contribution is -0.150. The van der Waals surface area contributed by atoms with E-state index in [9.17, 15) is 23.9 Å². The van der Waals surface area contributed by atoms with Crippen LogP contribution in [0.25, 0.3) is 10.9 Å². The SMILES string of the molecule is O=C1N[C@@H](Cc2c[nH]c3ccccc23)COC(=O)[C@@H](Cc2ccc(F)cc2)C/C=C\C[C@H]1CC(=O)N(CCO)Cc1ccccc1. The minimum Gasteiger partial charge on any atom is -0.463 e. The number of hydrogen-bond acceptors (Lipinski definition) is 5. The smallest absolute Gasteiger partial charge is 0.309 e. The van der Waals surface area contributed by atoms with Gasteiger partial charge in [0.15, 0.2) is 0 Å². The highest BCUT2D eigenvalue weighted by atomic mass is 19.1. The van der Waals surface area contributed by atoms with Crippen LogP contribution < -0.4 is 5.32 Å². The highest BCUT2D eigenvalue weighted by molar-refractivity contribution is 5.87. The summed E-state index contributed by atoms with van der Waals surface area (Å²) in [5, 5.41) is 13.8. The summed E-state index contributed by atoms with van der Waals surface area (Å²) in [5.41, 5.74) is 3.68. The molecule has 0 spiro atoms. The van der Waals surface area contributed by atoms with Crippen LogP contribution in [-0.2, 0) is 38.5 Å². The van der Waals surface area contributed by atoms with Crippen molar-refractivity contribution in [1.82, 2.24) is 15.2 Å². The summed E-state index contributed by atoms with van der Waals surface area (Å²) in [5.74, 6) is -2.44. The van der Waals surface area contributed by atoms with E-state index < -0.39 is 17.9 Å². The van der Waals surface area contributed by atoms with E-state index in [4.69, 9.17) is 4.74 Å². The lowest BCUT2D eigenvalue weighted by Crippen LogP contribution is -2.45. The van der Waals surface area contributed by atoms with Crippen molar-refractivity contribution in [3.63, 3.8) is 0 Å². The fraction of sp³-hybridized carbons (Fsp3) is 0.324. The maximum absolute atomic E-state index is 13.8. The summed E-state index contributed by atoms with van der Waals surface area (Å²) in [6.07, 6.45) is 7.00. The first kappa shape index (κ1) is 32.6. The molecule has 4 aromatic rings. The molecule has 5 rings (SSSR count). The van der Waals surface area contributed by atoms with Gasteiger partial charge in [-0.2, -0.15) is 0 Å². The summed E-state index contributed by atoms with van der Waals surface area (Å²) < 4.78 is 19.3. The van der Waals surface area contributed by atoms with Crippen LogP contribution in [0, 0.1) is 17.7 Å². The van der Waals surface area contributed by atoms with E-state index in [2.05, 4.69) is 10.3 Å². The normalized spacial score (nSPS) is 19.8. The second kappa shape index (κ2) is 16.0. The molecule has 1 aliphatic rings. The van der Waals surface area contributed by atoms with E-state index in [0.717, 1.165) is 27.6 Å². The molecule has 0 radical (unpaired) electrons. The highest BCUT2D eigenvalue weighted by Gasteiger charge is 2.29. The number of halogens is 1. The largest absolute Gasteiger partial charge is 0.463 e. The number of para-hydroxylation sites is 1. The third-order valence-electron chi connectivity index (χ3n) is 8.38. The summed E-state index contributed by atoms with van der Waals surface area (Å²) >= 11 is 0. The third kappa shape index (κ3) is 8.91. The molecule has 46 heavy (non-hydrogen) atoms. The predicted octanol–water partition coefficient (Wildman–Crippen LogP) is 5.11. The zero-order valence-corrected chi connectivity index (χ0v) is 25.7. The number of benzene rings is 3. The van der Waals surface area contributed by atoms with E-state index in [1.54, 1.807) is 17.0 Å². The van der Waals surface area contributed by atoms with E-state index in [0.29, 0.717) is 32.2 Å². The molecule has 3 atom stereocenters. The van der Waals surface area contributed by atoms with Crippen LogP contribution >= 0.6 is 0 Å². The van der Waals surface area contributed by atoms with Gasteiger partial charge in [-0.05, 0) is 60.6 Å². The number of nitrogens with zero attached hydrogens (tertiary/aromatic N) is 1. The number of amides is 2. The van der Waals surface area contributed by atoms with E-state index in [-0.39, 0.29) is 49.8 Å². The summed E-state index contributed by atoms with van der Waals surface area (Å²) in [6.45, 7) is 0.249. The standard InChI is InChI=1S/C37H40FN3O5/c38-31-16-14-26(15-17-31)20-29-11-5-4-10-28(22-35(43)41(18-19-42)24-27-8-2-1-3-9-27)36(44)40-32(25-46-37(29)45)21-30-23-39-34-13-7-6-12-33(30)34/h1-9,12-17,23,28-29,32,39,42H,10-11,18-22,24-25H2,(H,40,44)/b5-4-/t28-,29+,32-/m0/s1. The number of H-pyrrole nitrogens is 1. The zero-order chi connectivity index (χ0) is 32.3. The molecule has 0 fully saturated rings. The maximum Gasteiger partial charge on any atom is 0.309 e. The number of hydrogen-bond donors (Lipinski definition) is 3. The van der Waals surface area contributed by atoms with Crippen molar-refractivity contribution in [2.45, 2.75) is 44.7 Å². The van der Waals surface area contributed by atoms with Crippen LogP contribution in [0.1, 0.15) is 36.0 Å². The molecule has 3 aromatic carbocycles. The molecular formula is C37H40FN3O5. The Labute approximate surface area is 268 Å². The number of esters is 1. The molecule has 8 nitrogen and oxygen atoms in total. The van der Waals surface area contributed by atoms with Crippen LogP contribution in [0.5, 0.6) is 0 Å². The number of carbonyl (C=O) groups excluding carboxylic acids is 3. The van der Waals surface area contributed by atoms with Gasteiger partial charge in [0.25, 0.3) is 0 Å². The van der Waals surface area contributed by atoms with Crippen molar-refractivity contribution >= 4 is 28.7 Å². The van der Waals surface area contributed by atoms with Gasteiger partial charge in [0, 0.05) is 36.6 Å². The minimum absolute atomic E-state index is 0.0401. The first-order chi connectivity index (χ1) is 22.4. The van der Waals surface area contributed by atoms with Gasteiger partial charge in [-0.15, -0.1) is 0 Å². The Hall–Kier alpha value is -4.76. The number of aliphatic hydroxyl groups is 1. The lowest BCUT2D eigenvalue weighted by Gasteiger charge is -2.26. The molecule has 1 aromatic heterocycles. The fourth-order valence-corrected chi connectivity index (χ4v) is 5.87. The summed E-state index contributed by atoms with van der Waals surface area (Å²) in [6, 6.07) is 22.9. The van der Waals surface area contributed by atoms with Gasteiger partial charge in [-0.1, -0.05) is 72.8 Å². The summed E-state index contributed by atoms with van der Waals surface area (Å²) in [4.78, 5) is 45.5. The molecule has 0 unspecified atom stereocenters. The predicted molar refractivity (Wildman–Crippen MR) is 174 cm³/mol. The number of nitrogens with one attached hydrogen (secondary N) is 2. The van der Waals surface area contributed by atoms with Gasteiger partial charge < -0.3 is 25.0 Å². The molecular weight excluding hydrogens is 585 g/mol. The Morgan fingerprint density at radius 1 is 0.891 bits per heavy atom. The molecule has 2 amide bonds. The van der Waals surface area contributed by atoms with Gasteiger partial charge in [-0.3, -0.25) is 14.4 Å². The fourth-order valence-electron chi connectivity index (χ4n) is 5.87. The number of cyclic esters (lactones) is 1. The molecule has 9 heteroatoms. The second-order valence-electron chi connectivity index (χ2n) is 11.8. The second-order valence-corrected chi connectivity index (χ2v) is 11.8. The molecule has 3 N–H and O–H groups in total. The number of ether oxygens (including phenoxy) is 1. The Morgan fingerprint density at radius 3 is 2.37 bits per heavy atom. The Morgan fingerprint density at radius 2 is 1.61 bits per heavy atom. The topological polar surface area (TPSA) is 112 Å². The number of aliphatic hydroxyl groups excluding tert-OH is 1. The molecule has 240 valence electrons. The van der Waals surface area contributed by atoms with Crippen molar-refractivity contribution in [2.24, 2.45) is 11.8 Å². The van der Waals surface area contributed by atoms with Gasteiger partial charge in [-0.25, -0.2) is 4.39 Å². The first-order valence-corrected chi connectivity index (χ1v) is 15.7. The van der Waals surface area contributed by atoms with Crippen molar-refractivity contribution in [3.05, 3.63) is 120 Å². The van der Waals surface area contributed by atoms with Gasteiger partial charge in [0.2, 0.25) is 11.8 Å². The Bertz CT molecular complexity index is 1640. The first-order valence-electron chi connectivity index (χ1n) is 15.7. The van der Waals surface area contributed by atoms with Crippen LogP contribution in [-0.4, -0.2) is 58.6 Å². The number of fused-ring (bicyclic) bond motifs is 1. The van der Waals surface area contributed by atoms with Crippen molar-refractivity contribution in [1.29, 1.82) is 0 Å². The van der Waals surface area contributed by atoms with E-state index >= 15 is 0 Å². The lowest BCUT2D eigenvalue weighted by atomic mass is 9.93. The zero-order valence-electron chi connectivity index (χ0n) is 25.7. The number of rotatable bonds is 10. The average molecular weight is 626 g/mol. The molecule has 0 bridgehead atoms. The van der Waals surface area contributed by atoms with Crippen molar-refractivity contribution < 1.29 is 28.6 Å². The van der Waals surface area contributed by atoms with E-state index in [1.165, 1.54) is 12.1 Å².